The molecule has 0 atom stereocenters. The van der Waals surface area contributed by atoms with Crippen molar-refractivity contribution >= 4 is 0 Å². The van der Waals surface area contributed by atoms with Crippen LogP contribution in [0.25, 0.3) is 0 Å². The van der Waals surface area contributed by atoms with Crippen LogP contribution in [0.15, 0.2) is 0 Å². The van der Waals surface area contributed by atoms with Gasteiger partial charge in [-0.3, -0.25) is 0 Å². The molecule has 1 aliphatic carbocycles. The van der Waals surface area contributed by atoms with Gasteiger partial charge in [0.05, 0.1) is 13.2 Å². The minimum absolute atomic E-state index is 0.142. The first kappa shape index (κ1) is 7.53. The van der Waals surface area contributed by atoms with Crippen molar-refractivity contribution in [1.82, 2.24) is 0 Å². The first-order valence-electron chi connectivity index (χ1n) is 4.20. The highest BCUT2D eigenvalue weighted by Gasteiger charge is 2.59. The van der Waals surface area contributed by atoms with E-state index in [-0.39, 0.29) is 11.2 Å². The van der Waals surface area contributed by atoms with Gasteiger partial charge in [-0.2, -0.15) is 0 Å². The maximum Gasteiger partial charge on any atom is 0.172 e. The second-order valence-electron chi connectivity index (χ2n) is 3.63. The smallest absolute Gasteiger partial charge is 0.172 e. The van der Waals surface area contributed by atoms with Gasteiger partial charge in [-0.05, 0) is 19.8 Å². The van der Waals surface area contributed by atoms with Crippen LogP contribution >= 0.6 is 0 Å². The standard InChI is InChI=1S/C8H15NO2/c1-7(10-4-5-11-7)8(6-9)2-3-8/h2-6,9H2,1H3. The van der Waals surface area contributed by atoms with Crippen LogP contribution in [0, 0.1) is 5.41 Å². The highest BCUT2D eigenvalue weighted by atomic mass is 16.7. The quantitative estimate of drug-likeness (QED) is 0.634. The Hall–Kier alpha value is -0.120. The van der Waals surface area contributed by atoms with Crippen LogP contribution in [0.4, 0.5) is 0 Å². The first-order valence-corrected chi connectivity index (χ1v) is 4.20. The minimum atomic E-state index is -0.373. The zero-order valence-electron chi connectivity index (χ0n) is 6.93. The Morgan fingerprint density at radius 1 is 1.27 bits per heavy atom. The van der Waals surface area contributed by atoms with Gasteiger partial charge >= 0.3 is 0 Å². The molecule has 1 saturated heterocycles. The molecule has 2 rings (SSSR count). The van der Waals surface area contributed by atoms with E-state index in [2.05, 4.69) is 0 Å². The van der Waals surface area contributed by atoms with Crippen LogP contribution in [0.5, 0.6) is 0 Å². The van der Waals surface area contributed by atoms with E-state index in [0.717, 1.165) is 26.1 Å². The molecule has 1 heterocycles. The summed E-state index contributed by atoms with van der Waals surface area (Å²) in [6.07, 6.45) is 2.31. The van der Waals surface area contributed by atoms with Crippen molar-refractivity contribution in [3.8, 4) is 0 Å². The molecule has 11 heavy (non-hydrogen) atoms. The molecule has 1 aliphatic heterocycles. The van der Waals surface area contributed by atoms with Crippen LogP contribution in [0.1, 0.15) is 19.8 Å². The highest BCUT2D eigenvalue weighted by molar-refractivity contribution is 5.04. The van der Waals surface area contributed by atoms with E-state index in [9.17, 15) is 0 Å². The van der Waals surface area contributed by atoms with Crippen molar-refractivity contribution in [2.45, 2.75) is 25.6 Å². The van der Waals surface area contributed by atoms with Gasteiger partial charge in [-0.15, -0.1) is 0 Å². The Balaban J connectivity index is 2.12. The van der Waals surface area contributed by atoms with Crippen molar-refractivity contribution in [1.29, 1.82) is 0 Å². The number of nitrogens with two attached hydrogens (primary N) is 1. The Morgan fingerprint density at radius 2 is 1.82 bits per heavy atom. The predicted molar refractivity (Wildman–Crippen MR) is 41.0 cm³/mol. The number of ether oxygens (including phenoxy) is 2. The van der Waals surface area contributed by atoms with E-state index < -0.39 is 0 Å². The lowest BCUT2D eigenvalue weighted by molar-refractivity contribution is -0.189. The Bertz CT molecular complexity index is 159. The molecule has 0 unspecified atom stereocenters. The van der Waals surface area contributed by atoms with Gasteiger partial charge in [-0.1, -0.05) is 0 Å². The maximum absolute atomic E-state index is 5.67. The third kappa shape index (κ3) is 0.916. The predicted octanol–water partition coefficient (Wildman–Crippen LogP) is 0.488. The van der Waals surface area contributed by atoms with Gasteiger partial charge in [0.1, 0.15) is 0 Å². The van der Waals surface area contributed by atoms with Gasteiger partial charge in [0, 0.05) is 12.0 Å². The summed E-state index contributed by atoms with van der Waals surface area (Å²) in [6, 6.07) is 0. The summed E-state index contributed by atoms with van der Waals surface area (Å²) in [7, 11) is 0. The molecule has 3 nitrogen and oxygen atoms in total. The fourth-order valence-electron chi connectivity index (χ4n) is 1.82. The van der Waals surface area contributed by atoms with Crippen molar-refractivity contribution in [3.63, 3.8) is 0 Å². The zero-order chi connectivity index (χ0) is 7.95. The largest absolute Gasteiger partial charge is 0.347 e. The molecule has 2 N–H and O–H groups in total. The zero-order valence-corrected chi connectivity index (χ0v) is 6.93. The Kier molecular flexibility index (Phi) is 1.50. The lowest BCUT2D eigenvalue weighted by Gasteiger charge is -2.31. The van der Waals surface area contributed by atoms with Gasteiger partial charge in [-0.25, -0.2) is 0 Å². The van der Waals surface area contributed by atoms with Crippen molar-refractivity contribution < 1.29 is 9.47 Å². The monoisotopic (exact) mass is 157 g/mol. The summed E-state index contributed by atoms with van der Waals surface area (Å²) >= 11 is 0. The van der Waals surface area contributed by atoms with Crippen molar-refractivity contribution in [2.24, 2.45) is 11.1 Å². The molecule has 0 aromatic carbocycles. The normalized spacial score (nSPS) is 32.2. The van der Waals surface area contributed by atoms with E-state index in [1.807, 2.05) is 6.92 Å². The van der Waals surface area contributed by atoms with E-state index >= 15 is 0 Å². The van der Waals surface area contributed by atoms with Crippen LogP contribution in [-0.2, 0) is 9.47 Å². The van der Waals surface area contributed by atoms with E-state index in [1.54, 1.807) is 0 Å². The lowest BCUT2D eigenvalue weighted by Crippen LogP contribution is -2.42. The summed E-state index contributed by atoms with van der Waals surface area (Å²) in [4.78, 5) is 0. The van der Waals surface area contributed by atoms with E-state index in [4.69, 9.17) is 15.2 Å². The van der Waals surface area contributed by atoms with Crippen LogP contribution in [0.2, 0.25) is 0 Å². The lowest BCUT2D eigenvalue weighted by atomic mass is 9.97. The molecule has 0 amide bonds. The number of hydrogen-bond acceptors (Lipinski definition) is 3. The van der Waals surface area contributed by atoms with E-state index in [1.165, 1.54) is 0 Å². The molecule has 0 aromatic heterocycles. The Labute approximate surface area is 66.8 Å². The summed E-state index contributed by atoms with van der Waals surface area (Å²) in [5, 5.41) is 0. The van der Waals surface area contributed by atoms with E-state index in [0.29, 0.717) is 6.54 Å². The molecule has 3 heteroatoms. The van der Waals surface area contributed by atoms with Crippen molar-refractivity contribution in [2.75, 3.05) is 19.8 Å². The summed E-state index contributed by atoms with van der Waals surface area (Å²) in [5.74, 6) is -0.373. The number of hydrogen-bond donors (Lipinski definition) is 1. The molecule has 2 aliphatic rings. The summed E-state index contributed by atoms with van der Waals surface area (Å²) in [5.41, 5.74) is 5.82. The second-order valence-corrected chi connectivity index (χ2v) is 3.63. The average Bonchev–Trinajstić information content (AvgIpc) is 2.71. The molecule has 2 fully saturated rings. The molecule has 0 bridgehead atoms. The molecule has 1 saturated carbocycles. The van der Waals surface area contributed by atoms with Crippen LogP contribution in [-0.4, -0.2) is 25.5 Å². The molecule has 0 aromatic rings. The topological polar surface area (TPSA) is 44.5 Å². The van der Waals surface area contributed by atoms with Gasteiger partial charge in [0.2, 0.25) is 0 Å². The molecule has 0 radical (unpaired) electrons. The summed E-state index contributed by atoms with van der Waals surface area (Å²) in [6.45, 7) is 4.14. The second kappa shape index (κ2) is 2.19. The highest BCUT2D eigenvalue weighted by Crippen LogP contribution is 2.56. The van der Waals surface area contributed by atoms with Gasteiger partial charge in [0.25, 0.3) is 0 Å². The molecule has 64 valence electrons. The fourth-order valence-corrected chi connectivity index (χ4v) is 1.82. The van der Waals surface area contributed by atoms with Crippen molar-refractivity contribution in [3.05, 3.63) is 0 Å². The molecular formula is C8H15NO2. The first-order chi connectivity index (χ1) is 5.22. The average molecular weight is 157 g/mol. The van der Waals surface area contributed by atoms with Crippen LogP contribution < -0.4 is 5.73 Å². The SMILES string of the molecule is CC1(C2(CN)CC2)OCCO1. The third-order valence-corrected chi connectivity index (χ3v) is 3.05. The minimum Gasteiger partial charge on any atom is -0.347 e. The van der Waals surface area contributed by atoms with Crippen LogP contribution in [0.3, 0.4) is 0 Å². The maximum atomic E-state index is 5.67. The number of rotatable bonds is 2. The third-order valence-electron chi connectivity index (χ3n) is 3.05. The Morgan fingerprint density at radius 3 is 2.18 bits per heavy atom. The molecule has 0 spiro atoms. The molecular weight excluding hydrogens is 142 g/mol. The summed E-state index contributed by atoms with van der Waals surface area (Å²) < 4.78 is 11.1. The fraction of sp³-hybridized carbons (Fsp3) is 1.00. The van der Waals surface area contributed by atoms with Gasteiger partial charge < -0.3 is 15.2 Å². The van der Waals surface area contributed by atoms with Gasteiger partial charge in [0.15, 0.2) is 5.79 Å².